The van der Waals surface area contributed by atoms with Crippen molar-refractivity contribution in [2.24, 2.45) is 5.92 Å². The molecule has 2 heterocycles. The van der Waals surface area contributed by atoms with Gasteiger partial charge in [0.2, 0.25) is 5.91 Å². The lowest BCUT2D eigenvalue weighted by Crippen LogP contribution is -2.48. The second-order valence-corrected chi connectivity index (χ2v) is 8.34. The third-order valence-electron chi connectivity index (χ3n) is 4.15. The zero-order chi connectivity index (χ0) is 17.3. The van der Waals surface area contributed by atoms with Gasteiger partial charge >= 0.3 is 0 Å². The van der Waals surface area contributed by atoms with E-state index >= 15 is 0 Å². The number of hydrogen-bond donors (Lipinski definition) is 1. The molecule has 0 radical (unpaired) electrons. The molecule has 0 bridgehead atoms. The molecular weight excluding hydrogens is 322 g/mol. The zero-order valence-electron chi connectivity index (χ0n) is 14.8. The Morgan fingerprint density at radius 2 is 2.21 bits per heavy atom. The van der Waals surface area contributed by atoms with Crippen LogP contribution in [0.5, 0.6) is 5.75 Å². The minimum Gasteiger partial charge on any atom is -0.494 e. The second kappa shape index (κ2) is 6.59. The summed E-state index contributed by atoms with van der Waals surface area (Å²) in [5.41, 5.74) is 0.712. The Bertz CT molecular complexity index is 735. The van der Waals surface area contributed by atoms with Crippen molar-refractivity contribution in [2.75, 3.05) is 25.1 Å². The summed E-state index contributed by atoms with van der Waals surface area (Å²) in [6.45, 7) is 7.73. The fourth-order valence-corrected chi connectivity index (χ4v) is 4.07. The minimum atomic E-state index is -0.192. The first-order valence-electron chi connectivity index (χ1n) is 8.38. The van der Waals surface area contributed by atoms with Gasteiger partial charge in [0.1, 0.15) is 11.3 Å². The fraction of sp³-hybridized carbons (Fsp3) is 0.556. The van der Waals surface area contributed by atoms with Crippen molar-refractivity contribution in [1.82, 2.24) is 10.3 Å². The Hall–Kier alpha value is -1.82. The van der Waals surface area contributed by atoms with E-state index in [0.29, 0.717) is 0 Å². The number of nitrogens with one attached hydrogen (secondary N) is 1. The van der Waals surface area contributed by atoms with Gasteiger partial charge in [-0.05, 0) is 45.7 Å². The summed E-state index contributed by atoms with van der Waals surface area (Å²) in [4.78, 5) is 19.5. The van der Waals surface area contributed by atoms with Crippen LogP contribution in [0.2, 0.25) is 0 Å². The molecule has 1 unspecified atom stereocenters. The van der Waals surface area contributed by atoms with Gasteiger partial charge in [-0.2, -0.15) is 0 Å². The predicted molar refractivity (Wildman–Crippen MR) is 99.0 cm³/mol. The SMILES string of the molecule is COc1cccc2sc(N3CCCC(C(=O)NC(C)(C)C)C3)nc12. The summed E-state index contributed by atoms with van der Waals surface area (Å²) in [6, 6.07) is 5.98. The molecule has 6 heteroatoms. The van der Waals surface area contributed by atoms with E-state index in [1.54, 1.807) is 18.4 Å². The summed E-state index contributed by atoms with van der Waals surface area (Å²) in [6.07, 6.45) is 1.95. The maximum atomic E-state index is 12.5. The number of para-hydroxylation sites is 1. The molecule has 0 aliphatic carbocycles. The predicted octanol–water partition coefficient (Wildman–Crippen LogP) is 3.44. The van der Waals surface area contributed by atoms with E-state index in [0.717, 1.165) is 47.0 Å². The van der Waals surface area contributed by atoms with Crippen LogP contribution >= 0.6 is 11.3 Å². The third-order valence-corrected chi connectivity index (χ3v) is 5.23. The van der Waals surface area contributed by atoms with Gasteiger partial charge in [-0.15, -0.1) is 0 Å². The van der Waals surface area contributed by atoms with Crippen molar-refractivity contribution in [3.63, 3.8) is 0 Å². The topological polar surface area (TPSA) is 54.5 Å². The zero-order valence-corrected chi connectivity index (χ0v) is 15.6. The van der Waals surface area contributed by atoms with E-state index in [9.17, 15) is 4.79 Å². The average Bonchev–Trinajstić information content (AvgIpc) is 2.97. The number of rotatable bonds is 3. The first-order valence-corrected chi connectivity index (χ1v) is 9.19. The lowest BCUT2D eigenvalue weighted by molar-refractivity contribution is -0.126. The van der Waals surface area contributed by atoms with Gasteiger partial charge in [0.15, 0.2) is 5.13 Å². The van der Waals surface area contributed by atoms with E-state index in [-0.39, 0.29) is 17.4 Å². The molecule has 5 nitrogen and oxygen atoms in total. The lowest BCUT2D eigenvalue weighted by Gasteiger charge is -2.33. The number of nitrogens with zero attached hydrogens (tertiary/aromatic N) is 2. The second-order valence-electron chi connectivity index (χ2n) is 7.33. The van der Waals surface area contributed by atoms with Gasteiger partial charge in [0, 0.05) is 18.6 Å². The first kappa shape index (κ1) is 17.0. The number of methoxy groups -OCH3 is 1. The summed E-state index contributed by atoms with van der Waals surface area (Å²) < 4.78 is 6.52. The van der Waals surface area contributed by atoms with E-state index in [1.165, 1.54) is 0 Å². The monoisotopic (exact) mass is 347 g/mol. The fourth-order valence-electron chi connectivity index (χ4n) is 3.05. The number of aromatic nitrogens is 1. The third kappa shape index (κ3) is 3.64. The summed E-state index contributed by atoms with van der Waals surface area (Å²) in [5.74, 6) is 0.965. The normalized spacial score (nSPS) is 18.7. The number of thiazole rings is 1. The molecule has 1 aliphatic heterocycles. The molecule has 1 fully saturated rings. The molecule has 130 valence electrons. The van der Waals surface area contributed by atoms with E-state index < -0.39 is 0 Å². The quantitative estimate of drug-likeness (QED) is 0.924. The smallest absolute Gasteiger partial charge is 0.225 e. The molecule has 1 N–H and O–H groups in total. The molecule has 1 aromatic carbocycles. The lowest BCUT2D eigenvalue weighted by atomic mass is 9.96. The van der Waals surface area contributed by atoms with Gasteiger partial charge < -0.3 is 15.0 Å². The Labute approximate surface area is 147 Å². The molecule has 24 heavy (non-hydrogen) atoms. The van der Waals surface area contributed by atoms with Gasteiger partial charge in [-0.1, -0.05) is 17.4 Å². The number of carbonyl (C=O) groups excluding carboxylic acids is 1. The van der Waals surface area contributed by atoms with Crippen LogP contribution in [0.15, 0.2) is 18.2 Å². The molecule has 1 atom stereocenters. The standard InChI is InChI=1S/C18H25N3O2S/c1-18(2,3)20-16(22)12-7-6-10-21(11-12)17-19-15-13(23-4)8-5-9-14(15)24-17/h5,8-9,12H,6-7,10-11H2,1-4H3,(H,20,22). The van der Waals surface area contributed by atoms with Crippen LogP contribution in [0.4, 0.5) is 5.13 Å². The number of anilines is 1. The number of ether oxygens (including phenoxy) is 1. The molecule has 1 saturated heterocycles. The summed E-state index contributed by atoms with van der Waals surface area (Å²) >= 11 is 1.66. The number of piperidine rings is 1. The van der Waals surface area contributed by atoms with Crippen LogP contribution in [0.25, 0.3) is 10.2 Å². The van der Waals surface area contributed by atoms with Gasteiger partial charge in [0.05, 0.1) is 17.7 Å². The van der Waals surface area contributed by atoms with Gasteiger partial charge in [-0.3, -0.25) is 4.79 Å². The highest BCUT2D eigenvalue weighted by atomic mass is 32.1. The van der Waals surface area contributed by atoms with Crippen molar-refractivity contribution in [2.45, 2.75) is 39.2 Å². The van der Waals surface area contributed by atoms with Crippen LogP contribution in [0, 0.1) is 5.92 Å². The van der Waals surface area contributed by atoms with Crippen LogP contribution in [-0.2, 0) is 4.79 Å². The minimum absolute atomic E-state index is 0.0203. The maximum absolute atomic E-state index is 12.5. The number of fused-ring (bicyclic) bond motifs is 1. The Morgan fingerprint density at radius 1 is 1.42 bits per heavy atom. The molecule has 1 aliphatic rings. The highest BCUT2D eigenvalue weighted by Gasteiger charge is 2.29. The molecule has 1 aromatic heterocycles. The highest BCUT2D eigenvalue weighted by Crippen LogP contribution is 2.35. The van der Waals surface area contributed by atoms with Crippen molar-refractivity contribution in [1.29, 1.82) is 0 Å². The summed E-state index contributed by atoms with van der Waals surface area (Å²) in [7, 11) is 1.67. The van der Waals surface area contributed by atoms with Crippen molar-refractivity contribution >= 4 is 32.6 Å². The number of hydrogen-bond acceptors (Lipinski definition) is 5. The molecule has 0 saturated carbocycles. The van der Waals surface area contributed by atoms with Gasteiger partial charge in [0.25, 0.3) is 0 Å². The maximum Gasteiger partial charge on any atom is 0.225 e. The van der Waals surface area contributed by atoms with E-state index in [2.05, 4.69) is 16.3 Å². The highest BCUT2D eigenvalue weighted by molar-refractivity contribution is 7.22. The molecular formula is C18H25N3O2S. The molecule has 0 spiro atoms. The Balaban J connectivity index is 1.79. The van der Waals surface area contributed by atoms with E-state index in [1.807, 2.05) is 32.9 Å². The van der Waals surface area contributed by atoms with Crippen LogP contribution in [0.1, 0.15) is 33.6 Å². The number of carbonyl (C=O) groups is 1. The van der Waals surface area contributed by atoms with E-state index in [4.69, 9.17) is 9.72 Å². The number of benzene rings is 1. The van der Waals surface area contributed by atoms with Crippen molar-refractivity contribution in [3.05, 3.63) is 18.2 Å². The average molecular weight is 347 g/mol. The van der Waals surface area contributed by atoms with Gasteiger partial charge in [-0.25, -0.2) is 4.98 Å². The Kier molecular flexibility index (Phi) is 4.67. The summed E-state index contributed by atoms with van der Waals surface area (Å²) in [5, 5.41) is 4.08. The van der Waals surface area contributed by atoms with Crippen molar-refractivity contribution in [3.8, 4) is 5.75 Å². The Morgan fingerprint density at radius 3 is 2.92 bits per heavy atom. The largest absolute Gasteiger partial charge is 0.494 e. The first-order chi connectivity index (χ1) is 11.4. The van der Waals surface area contributed by atoms with Crippen LogP contribution < -0.4 is 15.0 Å². The molecule has 2 aromatic rings. The van der Waals surface area contributed by atoms with Crippen molar-refractivity contribution < 1.29 is 9.53 Å². The number of amides is 1. The molecule has 1 amide bonds. The molecule has 3 rings (SSSR count). The van der Waals surface area contributed by atoms with Crippen LogP contribution in [-0.4, -0.2) is 36.6 Å². The van der Waals surface area contributed by atoms with Crippen LogP contribution in [0.3, 0.4) is 0 Å².